The molecule has 1 amide bonds. The van der Waals surface area contributed by atoms with Crippen molar-refractivity contribution in [3.05, 3.63) is 29.8 Å². The predicted octanol–water partition coefficient (Wildman–Crippen LogP) is 4.41. The lowest BCUT2D eigenvalue weighted by Crippen LogP contribution is -2.32. The molecule has 0 saturated heterocycles. The van der Waals surface area contributed by atoms with Crippen molar-refractivity contribution in [2.24, 2.45) is 0 Å². The monoisotopic (exact) mass is 333 g/mol. The lowest BCUT2D eigenvalue weighted by atomic mass is 9.95. The van der Waals surface area contributed by atoms with E-state index < -0.39 is 22.7 Å². The second kappa shape index (κ2) is 6.11. The number of hydrogen-bond acceptors (Lipinski definition) is 4. The number of esters is 1. The van der Waals surface area contributed by atoms with Gasteiger partial charge in [-0.15, -0.1) is 0 Å². The van der Waals surface area contributed by atoms with E-state index in [1.54, 1.807) is 12.1 Å². The molecule has 0 unspecified atom stereocenters. The molecular formula is C19H27NO4. The fraction of sp³-hybridized carbons (Fsp3) is 0.579. The van der Waals surface area contributed by atoms with E-state index in [2.05, 4.69) is 5.32 Å². The van der Waals surface area contributed by atoms with Gasteiger partial charge in [0.25, 0.3) is 0 Å². The maximum atomic E-state index is 12.5. The van der Waals surface area contributed by atoms with Gasteiger partial charge in [-0.2, -0.15) is 0 Å². The fourth-order valence-electron chi connectivity index (χ4n) is 2.41. The molecule has 0 aromatic heterocycles. The number of rotatable bonds is 3. The van der Waals surface area contributed by atoms with E-state index in [1.807, 2.05) is 53.7 Å². The smallest absolute Gasteiger partial charge is 0.412 e. The second-order valence-corrected chi connectivity index (χ2v) is 8.29. The Morgan fingerprint density at radius 2 is 1.42 bits per heavy atom. The van der Waals surface area contributed by atoms with Gasteiger partial charge in [0, 0.05) is 5.69 Å². The first kappa shape index (κ1) is 18.3. The van der Waals surface area contributed by atoms with E-state index in [0.29, 0.717) is 5.69 Å². The zero-order chi connectivity index (χ0) is 18.2. The SMILES string of the molecule is CC(C)(C)OC(=O)Nc1ccc(C2(C(=O)OC(C)(C)C)CC2)cc1. The van der Waals surface area contributed by atoms with Gasteiger partial charge >= 0.3 is 12.1 Å². The van der Waals surface area contributed by atoms with Crippen LogP contribution in [0.2, 0.25) is 0 Å². The summed E-state index contributed by atoms with van der Waals surface area (Å²) in [4.78, 5) is 24.2. The van der Waals surface area contributed by atoms with Gasteiger partial charge in [0.2, 0.25) is 0 Å². The summed E-state index contributed by atoms with van der Waals surface area (Å²) in [5.41, 5.74) is -0.0130. The summed E-state index contributed by atoms with van der Waals surface area (Å²) >= 11 is 0. The predicted molar refractivity (Wildman–Crippen MR) is 93.1 cm³/mol. The molecule has 0 aliphatic heterocycles. The summed E-state index contributed by atoms with van der Waals surface area (Å²) in [5.74, 6) is -0.178. The summed E-state index contributed by atoms with van der Waals surface area (Å²) in [6, 6.07) is 7.29. The number of amides is 1. The van der Waals surface area contributed by atoms with E-state index >= 15 is 0 Å². The second-order valence-electron chi connectivity index (χ2n) is 8.29. The average molecular weight is 333 g/mol. The van der Waals surface area contributed by atoms with Gasteiger partial charge < -0.3 is 9.47 Å². The van der Waals surface area contributed by atoms with Crippen molar-refractivity contribution in [3.8, 4) is 0 Å². The summed E-state index contributed by atoms with van der Waals surface area (Å²) in [5, 5.41) is 2.69. The van der Waals surface area contributed by atoms with Crippen LogP contribution >= 0.6 is 0 Å². The van der Waals surface area contributed by atoms with Crippen molar-refractivity contribution in [3.63, 3.8) is 0 Å². The Hall–Kier alpha value is -2.04. The molecule has 5 nitrogen and oxygen atoms in total. The largest absolute Gasteiger partial charge is 0.459 e. The van der Waals surface area contributed by atoms with Crippen LogP contribution in [0.25, 0.3) is 0 Å². The molecule has 0 spiro atoms. The Labute approximate surface area is 143 Å². The highest BCUT2D eigenvalue weighted by atomic mass is 16.6. The van der Waals surface area contributed by atoms with Gasteiger partial charge in [0.15, 0.2) is 0 Å². The zero-order valence-corrected chi connectivity index (χ0v) is 15.4. The molecule has 1 aromatic rings. The zero-order valence-electron chi connectivity index (χ0n) is 15.4. The van der Waals surface area contributed by atoms with E-state index in [4.69, 9.17) is 9.47 Å². The lowest BCUT2D eigenvalue weighted by Gasteiger charge is -2.24. The highest BCUT2D eigenvalue weighted by Crippen LogP contribution is 2.50. The molecule has 24 heavy (non-hydrogen) atoms. The number of carbonyl (C=O) groups excluding carboxylic acids is 2. The first-order valence-corrected chi connectivity index (χ1v) is 8.25. The van der Waals surface area contributed by atoms with Crippen LogP contribution in [-0.4, -0.2) is 23.3 Å². The van der Waals surface area contributed by atoms with Crippen LogP contribution in [0.3, 0.4) is 0 Å². The van der Waals surface area contributed by atoms with Gasteiger partial charge in [-0.25, -0.2) is 4.79 Å². The number of anilines is 1. The van der Waals surface area contributed by atoms with E-state index in [0.717, 1.165) is 18.4 Å². The molecule has 1 fully saturated rings. The van der Waals surface area contributed by atoms with Crippen LogP contribution in [0.15, 0.2) is 24.3 Å². The van der Waals surface area contributed by atoms with Crippen molar-refractivity contribution < 1.29 is 19.1 Å². The topological polar surface area (TPSA) is 64.6 Å². The van der Waals surface area contributed by atoms with Gasteiger partial charge in [-0.3, -0.25) is 10.1 Å². The van der Waals surface area contributed by atoms with Crippen LogP contribution in [0.5, 0.6) is 0 Å². The lowest BCUT2D eigenvalue weighted by molar-refractivity contribution is -0.158. The maximum absolute atomic E-state index is 12.5. The Balaban J connectivity index is 2.04. The minimum Gasteiger partial charge on any atom is -0.459 e. The molecule has 0 bridgehead atoms. The number of carbonyl (C=O) groups is 2. The number of ether oxygens (including phenoxy) is 2. The van der Waals surface area contributed by atoms with Crippen molar-refractivity contribution in [1.82, 2.24) is 0 Å². The highest BCUT2D eigenvalue weighted by molar-refractivity contribution is 5.88. The van der Waals surface area contributed by atoms with Gasteiger partial charge in [-0.05, 0) is 72.1 Å². The van der Waals surface area contributed by atoms with Crippen molar-refractivity contribution in [2.45, 2.75) is 71.0 Å². The molecule has 1 N–H and O–H groups in total. The summed E-state index contributed by atoms with van der Waals surface area (Å²) < 4.78 is 10.8. The molecule has 1 aromatic carbocycles. The van der Waals surface area contributed by atoms with Gasteiger partial charge in [0.1, 0.15) is 11.2 Å². The van der Waals surface area contributed by atoms with Crippen molar-refractivity contribution >= 4 is 17.7 Å². The number of hydrogen-bond donors (Lipinski definition) is 1. The fourth-order valence-corrected chi connectivity index (χ4v) is 2.41. The van der Waals surface area contributed by atoms with E-state index in [1.165, 1.54) is 0 Å². The van der Waals surface area contributed by atoms with Crippen molar-refractivity contribution in [2.75, 3.05) is 5.32 Å². The normalized spacial score (nSPS) is 16.2. The van der Waals surface area contributed by atoms with Crippen LogP contribution in [0.4, 0.5) is 10.5 Å². The van der Waals surface area contributed by atoms with Crippen LogP contribution < -0.4 is 5.32 Å². The van der Waals surface area contributed by atoms with Crippen LogP contribution in [0, 0.1) is 0 Å². The first-order chi connectivity index (χ1) is 10.9. The van der Waals surface area contributed by atoms with Gasteiger partial charge in [-0.1, -0.05) is 12.1 Å². The third-order valence-corrected chi connectivity index (χ3v) is 3.62. The highest BCUT2D eigenvalue weighted by Gasteiger charge is 2.53. The van der Waals surface area contributed by atoms with Crippen molar-refractivity contribution in [1.29, 1.82) is 0 Å². The third-order valence-electron chi connectivity index (χ3n) is 3.62. The van der Waals surface area contributed by atoms with Gasteiger partial charge in [0.05, 0.1) is 5.41 Å². The Morgan fingerprint density at radius 3 is 1.83 bits per heavy atom. The molecule has 1 saturated carbocycles. The summed E-state index contributed by atoms with van der Waals surface area (Å²) in [7, 11) is 0. The molecule has 5 heteroatoms. The molecule has 1 aliphatic carbocycles. The molecule has 0 radical (unpaired) electrons. The molecule has 132 valence electrons. The first-order valence-electron chi connectivity index (χ1n) is 8.25. The maximum Gasteiger partial charge on any atom is 0.412 e. The minimum atomic E-state index is -0.543. The summed E-state index contributed by atoms with van der Waals surface area (Å²) in [6.07, 6.45) is 1.09. The number of nitrogens with one attached hydrogen (secondary N) is 1. The molecular weight excluding hydrogens is 306 g/mol. The molecule has 2 rings (SSSR count). The van der Waals surface area contributed by atoms with E-state index in [9.17, 15) is 9.59 Å². The molecule has 0 atom stereocenters. The molecule has 0 heterocycles. The third kappa shape index (κ3) is 4.73. The van der Waals surface area contributed by atoms with Crippen LogP contribution in [-0.2, 0) is 19.7 Å². The van der Waals surface area contributed by atoms with E-state index in [-0.39, 0.29) is 5.97 Å². The Bertz CT molecular complexity index is 616. The molecule has 1 aliphatic rings. The standard InChI is InChI=1S/C19H27NO4/c1-17(2,3)23-15(21)19(11-12-19)13-7-9-14(10-8-13)20-16(22)24-18(4,5)6/h7-10H,11-12H2,1-6H3,(H,20,22). The number of benzene rings is 1. The quantitative estimate of drug-likeness (QED) is 0.832. The summed E-state index contributed by atoms with van der Waals surface area (Å²) in [6.45, 7) is 11.0. The Morgan fingerprint density at radius 1 is 0.917 bits per heavy atom. The van der Waals surface area contributed by atoms with Crippen LogP contribution in [0.1, 0.15) is 59.9 Å². The Kier molecular flexibility index (Phi) is 4.66. The minimum absolute atomic E-state index is 0.178. The average Bonchev–Trinajstić information content (AvgIpc) is 3.16.